The molecular weight excluding hydrogens is 447 g/mol. The first-order valence-electron chi connectivity index (χ1n) is 10.8. The van der Waals surface area contributed by atoms with Crippen molar-refractivity contribution in [2.45, 2.75) is 31.4 Å². The highest BCUT2D eigenvalue weighted by Crippen LogP contribution is 2.36. The fraction of sp³-hybridized carbons (Fsp3) is 0.333. The highest BCUT2D eigenvalue weighted by molar-refractivity contribution is 6.04. The molecule has 0 spiro atoms. The quantitative estimate of drug-likeness (QED) is 0.615. The van der Waals surface area contributed by atoms with Gasteiger partial charge < -0.3 is 14.8 Å². The van der Waals surface area contributed by atoms with E-state index in [1.165, 1.54) is 23.2 Å². The molecule has 3 aromatic rings. The van der Waals surface area contributed by atoms with Crippen LogP contribution in [0.25, 0.3) is 10.9 Å². The van der Waals surface area contributed by atoms with E-state index in [2.05, 4.69) is 10.3 Å². The fourth-order valence-electron chi connectivity index (χ4n) is 4.37. The van der Waals surface area contributed by atoms with E-state index in [4.69, 9.17) is 5.26 Å². The Morgan fingerprint density at radius 1 is 1.21 bits per heavy atom. The van der Waals surface area contributed by atoms with Gasteiger partial charge in [-0.25, -0.2) is 0 Å². The summed E-state index contributed by atoms with van der Waals surface area (Å²) in [6.07, 6.45) is -1.42. The van der Waals surface area contributed by atoms with Crippen LogP contribution in [0.1, 0.15) is 46.8 Å². The molecule has 0 bridgehead atoms. The van der Waals surface area contributed by atoms with Gasteiger partial charge in [0.15, 0.2) is 0 Å². The van der Waals surface area contributed by atoms with E-state index in [-0.39, 0.29) is 24.7 Å². The molecule has 4 rings (SSSR count). The Bertz CT molecular complexity index is 1280. The average Bonchev–Trinajstić information content (AvgIpc) is 3.14. The second-order valence-corrected chi connectivity index (χ2v) is 8.37. The minimum absolute atomic E-state index is 0.0820. The van der Waals surface area contributed by atoms with E-state index in [1.807, 2.05) is 36.0 Å². The van der Waals surface area contributed by atoms with Gasteiger partial charge in [0, 0.05) is 49.1 Å². The number of rotatable bonds is 4. The zero-order valence-electron chi connectivity index (χ0n) is 18.4. The molecular formula is C24H22F3N5O2. The number of pyridine rings is 1. The Morgan fingerprint density at radius 2 is 1.94 bits per heavy atom. The molecule has 1 aliphatic heterocycles. The van der Waals surface area contributed by atoms with Gasteiger partial charge in [-0.05, 0) is 54.7 Å². The van der Waals surface area contributed by atoms with Gasteiger partial charge in [0.25, 0.3) is 5.91 Å². The number of halogens is 3. The number of carbonyl (C=O) groups is 2. The number of aromatic nitrogens is 2. The minimum atomic E-state index is -4.50. The van der Waals surface area contributed by atoms with Crippen LogP contribution in [-0.2, 0) is 11.8 Å². The summed E-state index contributed by atoms with van der Waals surface area (Å²) >= 11 is 0. The highest BCUT2D eigenvalue weighted by atomic mass is 19.4. The molecule has 2 aromatic heterocycles. The van der Waals surface area contributed by atoms with E-state index < -0.39 is 24.4 Å². The molecule has 1 aromatic carbocycles. The maximum absolute atomic E-state index is 12.6. The molecule has 1 N–H and O–H groups in total. The fourth-order valence-corrected chi connectivity index (χ4v) is 4.37. The summed E-state index contributed by atoms with van der Waals surface area (Å²) < 4.78 is 39.6. The molecule has 1 fully saturated rings. The number of alkyl halides is 3. The predicted octanol–water partition coefficient (Wildman–Crippen LogP) is 4.36. The normalized spacial score (nSPS) is 14.7. The number of aryl methyl sites for hydroxylation is 1. The number of fused-ring (bicyclic) bond motifs is 1. The third-order valence-corrected chi connectivity index (χ3v) is 6.04. The Labute approximate surface area is 193 Å². The van der Waals surface area contributed by atoms with E-state index in [9.17, 15) is 22.8 Å². The van der Waals surface area contributed by atoms with Crippen LogP contribution in [0.2, 0.25) is 0 Å². The lowest BCUT2D eigenvalue weighted by Gasteiger charge is -2.32. The molecule has 2 amide bonds. The maximum Gasteiger partial charge on any atom is 0.397 e. The number of anilines is 1. The summed E-state index contributed by atoms with van der Waals surface area (Å²) in [5.41, 5.74) is 3.01. The van der Waals surface area contributed by atoms with Crippen molar-refractivity contribution in [1.82, 2.24) is 14.5 Å². The summed E-state index contributed by atoms with van der Waals surface area (Å²) in [5, 5.41) is 12.8. The summed E-state index contributed by atoms with van der Waals surface area (Å²) in [5.74, 6) is -1.24. The Hall–Kier alpha value is -3.87. The lowest BCUT2D eigenvalue weighted by atomic mass is 9.89. The van der Waals surface area contributed by atoms with E-state index in [0.29, 0.717) is 24.1 Å². The van der Waals surface area contributed by atoms with Gasteiger partial charge in [-0.15, -0.1) is 0 Å². The summed E-state index contributed by atoms with van der Waals surface area (Å²) in [4.78, 5) is 29.8. The smallest absolute Gasteiger partial charge is 0.350 e. The molecule has 0 saturated carbocycles. The number of likely N-dealkylation sites (tertiary alicyclic amines) is 1. The van der Waals surface area contributed by atoms with Crippen LogP contribution < -0.4 is 5.32 Å². The van der Waals surface area contributed by atoms with Crippen molar-refractivity contribution in [3.05, 3.63) is 59.5 Å². The van der Waals surface area contributed by atoms with Gasteiger partial charge in [-0.1, -0.05) is 0 Å². The zero-order chi connectivity index (χ0) is 24.5. The molecule has 1 aliphatic rings. The second kappa shape index (κ2) is 9.17. The van der Waals surface area contributed by atoms with E-state index in [0.717, 1.165) is 16.5 Å². The number of hydrogen-bond donors (Lipinski definition) is 1. The van der Waals surface area contributed by atoms with Crippen molar-refractivity contribution in [3.8, 4) is 6.07 Å². The molecule has 34 heavy (non-hydrogen) atoms. The number of nitrogens with zero attached hydrogens (tertiary/aromatic N) is 4. The van der Waals surface area contributed by atoms with E-state index >= 15 is 0 Å². The Kier molecular flexibility index (Phi) is 6.28. The van der Waals surface area contributed by atoms with Crippen molar-refractivity contribution in [2.75, 3.05) is 18.4 Å². The number of piperidine rings is 1. The first-order chi connectivity index (χ1) is 16.1. The molecule has 7 nitrogen and oxygen atoms in total. The number of hydrogen-bond acceptors (Lipinski definition) is 4. The Balaban J connectivity index is 1.51. The molecule has 0 atom stereocenters. The highest BCUT2D eigenvalue weighted by Gasteiger charge is 2.35. The van der Waals surface area contributed by atoms with Gasteiger partial charge in [0.05, 0.1) is 11.6 Å². The number of amides is 2. The summed E-state index contributed by atoms with van der Waals surface area (Å²) in [6.45, 7) is 0.542. The standard InChI is InChI=1S/C24H22F3N5O2/c1-31-14-19(16-5-8-32(9-6-16)22(33)12-24(25,26)27)18-11-17(2-3-21(18)31)30-23(34)20-10-15(13-28)4-7-29-20/h2-4,7,10-11,14,16H,5-6,8-9,12H2,1H3,(H,30,34). The third kappa shape index (κ3) is 5.03. The van der Waals surface area contributed by atoms with Crippen LogP contribution in [0.15, 0.2) is 42.7 Å². The van der Waals surface area contributed by atoms with Crippen LogP contribution in [-0.4, -0.2) is 45.5 Å². The van der Waals surface area contributed by atoms with Gasteiger partial charge in [0.1, 0.15) is 12.1 Å². The molecule has 1 saturated heterocycles. The maximum atomic E-state index is 12.6. The lowest BCUT2D eigenvalue weighted by molar-refractivity contribution is -0.162. The van der Waals surface area contributed by atoms with Crippen molar-refractivity contribution >= 4 is 28.4 Å². The van der Waals surface area contributed by atoms with Crippen LogP contribution in [0.3, 0.4) is 0 Å². The van der Waals surface area contributed by atoms with Gasteiger partial charge in [0.2, 0.25) is 5.91 Å². The first-order valence-corrected chi connectivity index (χ1v) is 10.8. The van der Waals surface area contributed by atoms with E-state index in [1.54, 1.807) is 6.07 Å². The van der Waals surface area contributed by atoms with Crippen LogP contribution in [0.4, 0.5) is 18.9 Å². The van der Waals surface area contributed by atoms with Gasteiger partial charge in [-0.3, -0.25) is 14.6 Å². The predicted molar refractivity (Wildman–Crippen MR) is 119 cm³/mol. The van der Waals surface area contributed by atoms with Gasteiger partial charge in [-0.2, -0.15) is 18.4 Å². The molecule has 176 valence electrons. The largest absolute Gasteiger partial charge is 0.397 e. The molecule has 0 aliphatic carbocycles. The van der Waals surface area contributed by atoms with Crippen LogP contribution in [0.5, 0.6) is 0 Å². The van der Waals surface area contributed by atoms with Crippen molar-refractivity contribution in [1.29, 1.82) is 5.26 Å². The number of benzene rings is 1. The zero-order valence-corrected chi connectivity index (χ0v) is 18.4. The Morgan fingerprint density at radius 3 is 2.62 bits per heavy atom. The average molecular weight is 469 g/mol. The summed E-state index contributed by atoms with van der Waals surface area (Å²) in [6, 6.07) is 10.4. The topological polar surface area (TPSA) is 91.0 Å². The molecule has 0 unspecified atom stereocenters. The van der Waals surface area contributed by atoms with Crippen LogP contribution in [0, 0.1) is 11.3 Å². The van der Waals surface area contributed by atoms with Gasteiger partial charge >= 0.3 is 6.18 Å². The molecule has 0 radical (unpaired) electrons. The van der Waals surface area contributed by atoms with Crippen molar-refractivity contribution in [3.63, 3.8) is 0 Å². The first kappa shape index (κ1) is 23.3. The van der Waals surface area contributed by atoms with Crippen molar-refractivity contribution < 1.29 is 22.8 Å². The number of nitrogens with one attached hydrogen (secondary N) is 1. The van der Waals surface area contributed by atoms with Crippen molar-refractivity contribution in [2.24, 2.45) is 7.05 Å². The minimum Gasteiger partial charge on any atom is -0.350 e. The SMILES string of the molecule is Cn1cc(C2CCN(C(=O)CC(F)(F)F)CC2)c2cc(NC(=O)c3cc(C#N)ccn3)ccc21. The molecule has 3 heterocycles. The molecule has 10 heteroatoms. The number of carbonyl (C=O) groups excluding carboxylic acids is 2. The monoisotopic (exact) mass is 469 g/mol. The number of nitriles is 1. The summed E-state index contributed by atoms with van der Waals surface area (Å²) in [7, 11) is 1.91. The third-order valence-electron chi connectivity index (χ3n) is 6.04. The lowest BCUT2D eigenvalue weighted by Crippen LogP contribution is -2.39. The second-order valence-electron chi connectivity index (χ2n) is 8.37. The van der Waals surface area contributed by atoms with Crippen LogP contribution >= 0.6 is 0 Å².